The number of aryl methyl sites for hydroxylation is 1. The number of nitrogens with zero attached hydrogens (tertiary/aromatic N) is 2. The minimum Gasteiger partial charge on any atom is -0.483 e. The lowest BCUT2D eigenvalue weighted by Crippen LogP contribution is -2.13. The standard InChI is InChI=1S/C23H19Cl3N2O/c1-14-11-18(9-10-19(14)25)29-15(2)23-27-21-5-3-4-6-22(21)28(23)13-16-7-8-17(24)12-20(16)26/h3-12,15H,13H2,1-2H3. The van der Waals surface area contributed by atoms with Gasteiger partial charge >= 0.3 is 0 Å². The van der Waals surface area contributed by atoms with E-state index in [0.717, 1.165) is 38.8 Å². The molecule has 1 aromatic heterocycles. The molecule has 3 aromatic carbocycles. The van der Waals surface area contributed by atoms with Crippen molar-refractivity contribution in [2.45, 2.75) is 26.5 Å². The van der Waals surface area contributed by atoms with Gasteiger partial charge in [0, 0.05) is 15.1 Å². The van der Waals surface area contributed by atoms with E-state index in [-0.39, 0.29) is 6.10 Å². The van der Waals surface area contributed by atoms with Crippen molar-refractivity contribution in [2.75, 3.05) is 0 Å². The van der Waals surface area contributed by atoms with Crippen LogP contribution in [-0.4, -0.2) is 9.55 Å². The number of imidazole rings is 1. The molecule has 1 unspecified atom stereocenters. The summed E-state index contributed by atoms with van der Waals surface area (Å²) >= 11 is 18.6. The lowest BCUT2D eigenvalue weighted by atomic mass is 10.2. The van der Waals surface area contributed by atoms with Crippen LogP contribution in [0.5, 0.6) is 5.75 Å². The van der Waals surface area contributed by atoms with Gasteiger partial charge in [0.15, 0.2) is 11.9 Å². The topological polar surface area (TPSA) is 27.1 Å². The predicted octanol–water partition coefficient (Wildman–Crippen LogP) is 7.49. The van der Waals surface area contributed by atoms with Gasteiger partial charge in [-0.2, -0.15) is 0 Å². The number of ether oxygens (including phenoxy) is 1. The second-order valence-electron chi connectivity index (χ2n) is 6.95. The number of hydrogen-bond acceptors (Lipinski definition) is 2. The molecule has 29 heavy (non-hydrogen) atoms. The third-order valence-corrected chi connectivity index (χ3v) is 5.84. The molecule has 0 spiro atoms. The van der Waals surface area contributed by atoms with Crippen molar-refractivity contribution in [2.24, 2.45) is 0 Å². The highest BCUT2D eigenvalue weighted by Gasteiger charge is 2.19. The summed E-state index contributed by atoms with van der Waals surface area (Å²) in [4.78, 5) is 4.83. The maximum atomic E-state index is 6.43. The summed E-state index contributed by atoms with van der Waals surface area (Å²) in [7, 11) is 0. The van der Waals surface area contributed by atoms with Crippen molar-refractivity contribution >= 4 is 45.8 Å². The molecule has 1 heterocycles. The molecule has 6 heteroatoms. The largest absolute Gasteiger partial charge is 0.483 e. The fraction of sp³-hybridized carbons (Fsp3) is 0.174. The van der Waals surface area contributed by atoms with E-state index in [1.54, 1.807) is 6.07 Å². The van der Waals surface area contributed by atoms with E-state index < -0.39 is 0 Å². The van der Waals surface area contributed by atoms with Gasteiger partial charge in [-0.15, -0.1) is 0 Å². The monoisotopic (exact) mass is 444 g/mol. The molecule has 0 fully saturated rings. The van der Waals surface area contributed by atoms with Crippen LogP contribution >= 0.6 is 34.8 Å². The van der Waals surface area contributed by atoms with Gasteiger partial charge in [0.05, 0.1) is 17.6 Å². The highest BCUT2D eigenvalue weighted by atomic mass is 35.5. The van der Waals surface area contributed by atoms with E-state index >= 15 is 0 Å². The van der Waals surface area contributed by atoms with Crippen molar-refractivity contribution in [3.63, 3.8) is 0 Å². The van der Waals surface area contributed by atoms with Gasteiger partial charge in [-0.05, 0) is 67.4 Å². The van der Waals surface area contributed by atoms with Crippen LogP contribution in [-0.2, 0) is 6.54 Å². The van der Waals surface area contributed by atoms with Crippen molar-refractivity contribution < 1.29 is 4.74 Å². The molecule has 0 saturated heterocycles. The van der Waals surface area contributed by atoms with E-state index in [1.807, 2.05) is 62.4 Å². The molecule has 4 rings (SSSR count). The summed E-state index contributed by atoms with van der Waals surface area (Å²) < 4.78 is 8.33. The fourth-order valence-corrected chi connectivity index (χ4v) is 3.92. The smallest absolute Gasteiger partial charge is 0.153 e. The van der Waals surface area contributed by atoms with Gasteiger partial charge in [-0.1, -0.05) is 53.0 Å². The molecule has 0 aliphatic rings. The Hall–Kier alpha value is -2.20. The maximum absolute atomic E-state index is 6.43. The lowest BCUT2D eigenvalue weighted by molar-refractivity contribution is 0.212. The van der Waals surface area contributed by atoms with Gasteiger partial charge in [-0.3, -0.25) is 0 Å². The minimum absolute atomic E-state index is 0.269. The first-order valence-corrected chi connectivity index (χ1v) is 10.4. The fourth-order valence-electron chi connectivity index (χ4n) is 3.34. The molecule has 3 nitrogen and oxygen atoms in total. The van der Waals surface area contributed by atoms with Crippen LogP contribution in [0.25, 0.3) is 11.0 Å². The van der Waals surface area contributed by atoms with Gasteiger partial charge in [0.1, 0.15) is 5.75 Å². The molecular formula is C23H19Cl3N2O. The molecule has 0 bridgehead atoms. The third kappa shape index (κ3) is 4.23. The van der Waals surface area contributed by atoms with Crippen LogP contribution in [0.1, 0.15) is 30.0 Å². The van der Waals surface area contributed by atoms with Crippen LogP contribution in [0.4, 0.5) is 0 Å². The number of hydrogen-bond donors (Lipinski definition) is 0. The number of rotatable bonds is 5. The Morgan fingerprint density at radius 3 is 2.52 bits per heavy atom. The second-order valence-corrected chi connectivity index (χ2v) is 8.20. The summed E-state index contributed by atoms with van der Waals surface area (Å²) in [6.07, 6.45) is -0.269. The van der Waals surface area contributed by atoms with Crippen LogP contribution in [0.3, 0.4) is 0 Å². The molecule has 0 saturated carbocycles. The zero-order valence-electron chi connectivity index (χ0n) is 16.0. The first-order valence-electron chi connectivity index (χ1n) is 9.24. The van der Waals surface area contributed by atoms with E-state index in [0.29, 0.717) is 16.6 Å². The van der Waals surface area contributed by atoms with E-state index in [2.05, 4.69) is 10.6 Å². The average molecular weight is 446 g/mol. The van der Waals surface area contributed by atoms with Crippen molar-refractivity contribution in [3.05, 3.63) is 92.7 Å². The predicted molar refractivity (Wildman–Crippen MR) is 121 cm³/mol. The molecule has 0 N–H and O–H groups in total. The van der Waals surface area contributed by atoms with Crippen molar-refractivity contribution in [1.29, 1.82) is 0 Å². The summed E-state index contributed by atoms with van der Waals surface area (Å²) in [5, 5.41) is 1.96. The summed E-state index contributed by atoms with van der Waals surface area (Å²) in [6.45, 7) is 4.52. The van der Waals surface area contributed by atoms with Crippen molar-refractivity contribution in [3.8, 4) is 5.75 Å². The first kappa shape index (κ1) is 20.1. The molecule has 0 aliphatic carbocycles. The number of halogens is 3. The quantitative estimate of drug-likeness (QED) is 0.318. The van der Waals surface area contributed by atoms with Crippen LogP contribution in [0, 0.1) is 6.92 Å². The summed E-state index contributed by atoms with van der Waals surface area (Å²) in [5.41, 5.74) is 3.87. The molecule has 0 amide bonds. The number of para-hydroxylation sites is 2. The number of aromatic nitrogens is 2. The van der Waals surface area contributed by atoms with Gasteiger partial charge in [0.2, 0.25) is 0 Å². The molecule has 4 aromatic rings. The summed E-state index contributed by atoms with van der Waals surface area (Å²) in [5.74, 6) is 1.58. The van der Waals surface area contributed by atoms with E-state index in [4.69, 9.17) is 44.5 Å². The molecule has 0 radical (unpaired) electrons. The molecular weight excluding hydrogens is 427 g/mol. The highest BCUT2D eigenvalue weighted by molar-refractivity contribution is 6.35. The Morgan fingerprint density at radius 1 is 0.966 bits per heavy atom. The van der Waals surface area contributed by atoms with Crippen molar-refractivity contribution in [1.82, 2.24) is 9.55 Å². The summed E-state index contributed by atoms with van der Waals surface area (Å²) in [6, 6.07) is 19.2. The molecule has 1 atom stereocenters. The van der Waals surface area contributed by atoms with E-state index in [1.165, 1.54) is 0 Å². The maximum Gasteiger partial charge on any atom is 0.153 e. The first-order chi connectivity index (χ1) is 13.9. The normalized spacial score (nSPS) is 12.3. The third-order valence-electron chi connectivity index (χ3n) is 4.83. The molecule has 0 aliphatic heterocycles. The lowest BCUT2D eigenvalue weighted by Gasteiger charge is -2.18. The Morgan fingerprint density at radius 2 is 1.76 bits per heavy atom. The SMILES string of the molecule is Cc1cc(OC(C)c2nc3ccccc3n2Cc2ccc(Cl)cc2Cl)ccc1Cl. The molecule has 148 valence electrons. The Labute approximate surface area is 184 Å². The second kappa shape index (κ2) is 8.27. The zero-order chi connectivity index (χ0) is 20.5. The Kier molecular flexibility index (Phi) is 5.73. The number of fused-ring (bicyclic) bond motifs is 1. The van der Waals surface area contributed by atoms with Crippen LogP contribution < -0.4 is 4.74 Å². The Balaban J connectivity index is 1.73. The minimum atomic E-state index is -0.269. The Bertz CT molecular complexity index is 1190. The highest BCUT2D eigenvalue weighted by Crippen LogP contribution is 2.30. The van der Waals surface area contributed by atoms with Gasteiger partial charge in [-0.25, -0.2) is 4.98 Å². The van der Waals surface area contributed by atoms with E-state index in [9.17, 15) is 0 Å². The van der Waals surface area contributed by atoms with Crippen LogP contribution in [0.15, 0.2) is 60.7 Å². The van der Waals surface area contributed by atoms with Crippen LogP contribution in [0.2, 0.25) is 15.1 Å². The zero-order valence-corrected chi connectivity index (χ0v) is 18.3. The number of benzene rings is 3. The average Bonchev–Trinajstić information content (AvgIpc) is 3.06. The van der Waals surface area contributed by atoms with Gasteiger partial charge < -0.3 is 9.30 Å². The van der Waals surface area contributed by atoms with Gasteiger partial charge in [0.25, 0.3) is 0 Å².